The van der Waals surface area contributed by atoms with Crippen molar-refractivity contribution in [1.82, 2.24) is 0 Å². The van der Waals surface area contributed by atoms with Gasteiger partial charge in [0, 0.05) is 0 Å². The molecule has 0 heterocycles. The van der Waals surface area contributed by atoms with Crippen LogP contribution in [-0.4, -0.2) is 93.5 Å². The second-order valence-corrected chi connectivity index (χ2v) is 28.5. The summed E-state index contributed by atoms with van der Waals surface area (Å²) in [5.41, 5.74) is 0. The number of unbranched alkanes of at least 4 members (excludes halogenated alkanes) is 18. The van der Waals surface area contributed by atoms with Crippen LogP contribution in [0.3, 0.4) is 0 Å². The van der Waals surface area contributed by atoms with Gasteiger partial charge in [0.2, 0.25) is 0 Å². The lowest BCUT2D eigenvalue weighted by Gasteiger charge is -2.39. The highest BCUT2D eigenvalue weighted by Crippen LogP contribution is 2.28. The van der Waals surface area contributed by atoms with Gasteiger partial charge in [-0.1, -0.05) is 252 Å². The van der Waals surface area contributed by atoms with Gasteiger partial charge in [-0.2, -0.15) is 7.82 Å². The van der Waals surface area contributed by atoms with Crippen LogP contribution < -0.4 is 14.7 Å². The molecule has 0 aromatic carbocycles. The first-order chi connectivity index (χ1) is 37.0. The van der Waals surface area contributed by atoms with Crippen LogP contribution in [-0.2, 0) is 4.57 Å². The van der Waals surface area contributed by atoms with Gasteiger partial charge in [-0.15, -0.1) is 0 Å². The number of hydrogen-bond acceptors (Lipinski definition) is 4. The lowest BCUT2D eigenvalue weighted by atomic mass is 9.95. The van der Waals surface area contributed by atoms with E-state index in [1.807, 2.05) is 0 Å². The molecule has 0 radical (unpaired) electrons. The summed E-state index contributed by atoms with van der Waals surface area (Å²) in [6.45, 7) is 11.1. The van der Waals surface area contributed by atoms with E-state index in [-0.39, 0.29) is 0 Å². The molecule has 0 aromatic rings. The van der Waals surface area contributed by atoms with Crippen LogP contribution in [0.1, 0.15) is 367 Å². The highest BCUT2D eigenvalue weighted by atomic mass is 31.2. The van der Waals surface area contributed by atoms with Crippen molar-refractivity contribution in [3.63, 3.8) is 0 Å². The van der Waals surface area contributed by atoms with Crippen LogP contribution in [0.25, 0.3) is 0 Å². The molecule has 0 unspecified atom stereocenters. The van der Waals surface area contributed by atoms with Crippen molar-refractivity contribution in [2.24, 2.45) is 0 Å². The van der Waals surface area contributed by atoms with E-state index in [4.69, 9.17) is 19.2 Å². The fraction of sp³-hybridized carbons (Fsp3) is 1.00. The summed E-state index contributed by atoms with van der Waals surface area (Å²) in [7, 11) is 9.74. The zero-order chi connectivity index (χ0) is 57.0. The maximum atomic E-state index is 8.55. The normalized spacial score (nSPS) is 19.1. The van der Waals surface area contributed by atoms with Gasteiger partial charge in [0.05, 0.1) is 80.0 Å². The largest absolute Gasteiger partial charge is 0.822 e. The molecular formula is C69H144N3O4P. The molecule has 0 amide bonds. The Morgan fingerprint density at radius 1 is 0.260 bits per heavy atom. The summed E-state index contributed by atoms with van der Waals surface area (Å²) < 4.78 is 12.4. The maximum Gasteiger partial charge on any atom is 0.0886 e. The van der Waals surface area contributed by atoms with Crippen LogP contribution in [0.5, 0.6) is 0 Å². The first-order valence-corrected chi connectivity index (χ1v) is 36.7. The van der Waals surface area contributed by atoms with Gasteiger partial charge in [-0.05, 0) is 116 Å². The fourth-order valence-corrected chi connectivity index (χ4v) is 13.5. The van der Waals surface area contributed by atoms with E-state index in [1.54, 1.807) is 0 Å². The minimum absolute atomic E-state index is 0.921. The van der Waals surface area contributed by atoms with Gasteiger partial charge < -0.3 is 32.7 Å². The van der Waals surface area contributed by atoms with Gasteiger partial charge in [0.25, 0.3) is 0 Å². The Hall–Kier alpha value is -0.0100. The summed E-state index contributed by atoms with van der Waals surface area (Å²) in [6.07, 6.45) is 79.1. The SMILES string of the molecule is CCCCCCCCC[N+](C)(C)C1CCCCCCCCCCC1.CCCCCCCCC[N+](C)(C)C1CCCCCCCCCCC1.CCCCCCCCC[N+](C)(C)C1CCCCCCCCCCC1.O=P([O-])([O-])[O-]. The Morgan fingerprint density at radius 3 is 0.545 bits per heavy atom. The lowest BCUT2D eigenvalue weighted by molar-refractivity contribution is -0.916. The van der Waals surface area contributed by atoms with E-state index in [0.717, 1.165) is 18.1 Å². The zero-order valence-corrected chi connectivity index (χ0v) is 55.4. The molecule has 7 nitrogen and oxygen atoms in total. The standard InChI is InChI=1S/3C23H48N.H3O4P/c3*1-4-5-6-7-13-16-19-22-24(2,3)23-20-17-14-11-9-8-10-12-15-18-21-23;1-5(2,3)4/h3*23H,4-22H2,1-3H3;(H3,1,2,3,4)/q3*+1;/p-3. The van der Waals surface area contributed by atoms with E-state index in [0.29, 0.717) is 0 Å². The summed E-state index contributed by atoms with van der Waals surface area (Å²) in [6, 6.07) is 2.76. The molecule has 0 spiro atoms. The third kappa shape index (κ3) is 51.4. The predicted molar refractivity (Wildman–Crippen MR) is 336 cm³/mol. The molecular weight excluding hydrogens is 966 g/mol. The highest BCUT2D eigenvalue weighted by Gasteiger charge is 2.29. The average molecular weight is 1110 g/mol. The summed E-state index contributed by atoms with van der Waals surface area (Å²) >= 11 is 0. The van der Waals surface area contributed by atoms with Crippen LogP contribution in [0.2, 0.25) is 0 Å². The van der Waals surface area contributed by atoms with Crippen LogP contribution in [0.15, 0.2) is 0 Å². The van der Waals surface area contributed by atoms with Crippen molar-refractivity contribution in [3.05, 3.63) is 0 Å². The van der Waals surface area contributed by atoms with Crippen LogP contribution in [0.4, 0.5) is 0 Å². The molecule has 77 heavy (non-hydrogen) atoms. The molecule has 3 saturated carbocycles. The van der Waals surface area contributed by atoms with Gasteiger partial charge in [-0.25, -0.2) is 0 Å². The smallest absolute Gasteiger partial charge is 0.0886 e. The monoisotopic (exact) mass is 1110 g/mol. The minimum atomic E-state index is -5.39. The summed E-state index contributed by atoms with van der Waals surface area (Å²) in [5, 5.41) is 0. The van der Waals surface area contributed by atoms with Gasteiger partial charge in [0.1, 0.15) is 0 Å². The zero-order valence-electron chi connectivity index (χ0n) is 54.5. The molecule has 0 aromatic heterocycles. The predicted octanol–water partition coefficient (Wildman–Crippen LogP) is 19.6. The van der Waals surface area contributed by atoms with E-state index < -0.39 is 7.82 Å². The van der Waals surface area contributed by atoms with E-state index in [2.05, 4.69) is 63.1 Å². The Morgan fingerprint density at radius 2 is 0.390 bits per heavy atom. The topological polar surface area (TPSA) is 86.2 Å². The van der Waals surface area contributed by atoms with Crippen molar-refractivity contribution in [1.29, 1.82) is 0 Å². The molecule has 0 aliphatic heterocycles. The van der Waals surface area contributed by atoms with Crippen LogP contribution in [0, 0.1) is 0 Å². The van der Waals surface area contributed by atoms with Crippen molar-refractivity contribution < 1.29 is 32.7 Å². The number of phosphoric acid groups is 1. The third-order valence-electron chi connectivity index (χ3n) is 19.2. The molecule has 0 atom stereocenters. The minimum Gasteiger partial charge on any atom is -0.822 e. The Balaban J connectivity index is 0.00000107. The van der Waals surface area contributed by atoms with Crippen molar-refractivity contribution in [2.45, 2.75) is 386 Å². The summed E-state index contributed by atoms with van der Waals surface area (Å²) in [4.78, 5) is 25.6. The first-order valence-electron chi connectivity index (χ1n) is 35.2. The molecule has 464 valence electrons. The third-order valence-corrected chi connectivity index (χ3v) is 19.2. The average Bonchev–Trinajstić information content (AvgIpc) is 3.36. The second-order valence-electron chi connectivity index (χ2n) is 27.6. The Kier molecular flexibility index (Phi) is 52.8. The van der Waals surface area contributed by atoms with E-state index in [1.165, 1.54) is 380 Å². The molecule has 0 bridgehead atoms. The summed E-state index contributed by atoms with van der Waals surface area (Å²) in [5.74, 6) is 0. The van der Waals surface area contributed by atoms with Crippen molar-refractivity contribution in [2.75, 3.05) is 61.9 Å². The second kappa shape index (κ2) is 52.8. The number of hydrogen-bond donors (Lipinski definition) is 0. The lowest BCUT2D eigenvalue weighted by Crippen LogP contribution is -2.49. The first kappa shape index (κ1) is 77.0. The molecule has 3 aliphatic carbocycles. The molecule has 3 fully saturated rings. The van der Waals surface area contributed by atoms with Gasteiger partial charge in [0.15, 0.2) is 0 Å². The Bertz CT molecular complexity index is 1080. The number of quaternary nitrogens is 3. The van der Waals surface area contributed by atoms with Gasteiger partial charge in [-0.3, -0.25) is 0 Å². The quantitative estimate of drug-likeness (QED) is 0.0466. The van der Waals surface area contributed by atoms with Crippen molar-refractivity contribution in [3.8, 4) is 0 Å². The fourth-order valence-electron chi connectivity index (χ4n) is 13.5. The maximum absolute atomic E-state index is 8.55. The molecule has 3 aliphatic rings. The van der Waals surface area contributed by atoms with E-state index in [9.17, 15) is 0 Å². The number of rotatable bonds is 27. The number of nitrogens with zero attached hydrogens (tertiary/aromatic N) is 3. The van der Waals surface area contributed by atoms with Crippen molar-refractivity contribution >= 4 is 7.82 Å². The van der Waals surface area contributed by atoms with Crippen LogP contribution >= 0.6 is 7.82 Å². The van der Waals surface area contributed by atoms with Gasteiger partial charge >= 0.3 is 0 Å². The van der Waals surface area contributed by atoms with E-state index >= 15 is 0 Å². The highest BCUT2D eigenvalue weighted by molar-refractivity contribution is 7.40. The molecule has 3 rings (SSSR count). The molecule has 0 saturated heterocycles. The molecule has 8 heteroatoms. The molecule has 0 N–H and O–H groups in total. The Labute approximate surface area is 485 Å².